The first kappa shape index (κ1) is 30.5. The number of hydrogen-bond donors (Lipinski definition) is 3. The number of β-amino-alcohol motifs (C(OH)–C–C–N with tert-alkyl or cyclic N) is 1. The van der Waals surface area contributed by atoms with Gasteiger partial charge in [0.05, 0.1) is 36.5 Å². The van der Waals surface area contributed by atoms with Gasteiger partial charge in [-0.15, -0.1) is 0 Å². The summed E-state index contributed by atoms with van der Waals surface area (Å²) in [5.74, 6) is -0.777. The molecule has 1 aromatic heterocycles. The number of carbonyl (C=O) groups excluding carboxylic acids is 2. The Labute approximate surface area is 264 Å². The zero-order chi connectivity index (χ0) is 31.2. The second-order valence-electron chi connectivity index (χ2n) is 12.2. The molecule has 2 aliphatic rings. The van der Waals surface area contributed by atoms with Gasteiger partial charge in [0, 0.05) is 31.6 Å². The molecule has 6 rings (SSSR count). The van der Waals surface area contributed by atoms with E-state index in [-0.39, 0.29) is 30.9 Å². The van der Waals surface area contributed by atoms with Gasteiger partial charge >= 0.3 is 6.03 Å². The van der Waals surface area contributed by atoms with Crippen LogP contribution in [-0.2, 0) is 30.6 Å². The highest BCUT2D eigenvalue weighted by Gasteiger charge is 2.39. The van der Waals surface area contributed by atoms with Gasteiger partial charge in [-0.1, -0.05) is 91.0 Å². The van der Waals surface area contributed by atoms with Crippen LogP contribution < -0.4 is 5.32 Å². The van der Waals surface area contributed by atoms with Gasteiger partial charge in [-0.3, -0.25) is 9.78 Å². The molecule has 1 aliphatic heterocycles. The van der Waals surface area contributed by atoms with Crippen LogP contribution in [0.25, 0.3) is 0 Å². The molecule has 0 unspecified atom stereocenters. The molecule has 1 fully saturated rings. The fraction of sp³-hybridized carbons (Fsp3) is 0.324. The molecule has 45 heavy (non-hydrogen) atoms. The van der Waals surface area contributed by atoms with Crippen molar-refractivity contribution in [1.82, 2.24) is 20.1 Å². The van der Waals surface area contributed by atoms with Crippen molar-refractivity contribution in [1.29, 1.82) is 0 Å². The van der Waals surface area contributed by atoms with Gasteiger partial charge in [0.15, 0.2) is 0 Å². The van der Waals surface area contributed by atoms with Gasteiger partial charge in [-0.2, -0.15) is 0 Å². The molecule has 1 aliphatic carbocycles. The quantitative estimate of drug-likeness (QED) is 0.224. The van der Waals surface area contributed by atoms with Crippen molar-refractivity contribution in [2.24, 2.45) is 5.92 Å². The SMILES string of the molecule is O=C(N[C@H]1c2ccccc2C[C@H]1O)[C@@H](Cc1ccccc1)C[C@H](O)CN1C(=O)N(Cc2ccccn2)C[C@@H]1Cc1ccccc1. The van der Waals surface area contributed by atoms with Crippen molar-refractivity contribution in [3.8, 4) is 0 Å². The van der Waals surface area contributed by atoms with Crippen molar-refractivity contribution in [3.63, 3.8) is 0 Å². The van der Waals surface area contributed by atoms with Crippen LogP contribution >= 0.6 is 0 Å². The second kappa shape index (κ2) is 14.1. The second-order valence-corrected chi connectivity index (χ2v) is 12.2. The summed E-state index contributed by atoms with van der Waals surface area (Å²) in [6, 6.07) is 32.5. The molecule has 0 spiro atoms. The number of nitrogens with one attached hydrogen (secondary N) is 1. The number of aromatic nitrogens is 1. The summed E-state index contributed by atoms with van der Waals surface area (Å²) in [7, 11) is 0. The third kappa shape index (κ3) is 7.41. The fourth-order valence-corrected chi connectivity index (χ4v) is 6.71. The van der Waals surface area contributed by atoms with E-state index in [0.29, 0.717) is 32.4 Å². The molecule has 0 bridgehead atoms. The van der Waals surface area contributed by atoms with E-state index in [4.69, 9.17) is 0 Å². The number of pyridine rings is 1. The Hall–Kier alpha value is -4.53. The highest BCUT2D eigenvalue weighted by atomic mass is 16.3. The first-order valence-electron chi connectivity index (χ1n) is 15.7. The number of fused-ring (bicyclic) bond motifs is 1. The molecule has 0 saturated carbocycles. The maximum atomic E-state index is 13.8. The number of carbonyl (C=O) groups is 2. The third-order valence-electron chi connectivity index (χ3n) is 8.94. The summed E-state index contributed by atoms with van der Waals surface area (Å²) < 4.78 is 0. The van der Waals surface area contributed by atoms with E-state index in [1.807, 2.05) is 91.0 Å². The Bertz CT molecular complexity index is 1570. The zero-order valence-electron chi connectivity index (χ0n) is 25.3. The average molecular weight is 605 g/mol. The van der Waals surface area contributed by atoms with E-state index in [9.17, 15) is 19.8 Å². The molecule has 0 radical (unpaired) electrons. The summed E-state index contributed by atoms with van der Waals surface area (Å²) in [5.41, 5.74) is 4.87. The number of aliphatic hydroxyl groups is 2. The molecule has 4 aromatic rings. The topological polar surface area (TPSA) is 106 Å². The predicted octanol–water partition coefficient (Wildman–Crippen LogP) is 4.31. The van der Waals surface area contributed by atoms with Crippen LogP contribution in [0.3, 0.4) is 0 Å². The van der Waals surface area contributed by atoms with E-state index < -0.39 is 24.2 Å². The molecule has 2 heterocycles. The standard InChI is InChI=1S/C37H40N4O4/c42-32(25-41-31(20-27-13-5-2-6-14-27)24-40(37(41)45)23-30-16-9-10-18-38-30)21-29(19-26-11-3-1-4-12-26)36(44)39-35-33-17-8-7-15-28(33)22-34(35)43/h1-18,29,31-32,34-35,42-43H,19-25H2,(H,39,44)/t29-,31-,32-,34+,35-/m0/s1. The Morgan fingerprint density at radius 2 is 1.60 bits per heavy atom. The summed E-state index contributed by atoms with van der Waals surface area (Å²) in [6.07, 6.45) is 1.84. The predicted molar refractivity (Wildman–Crippen MR) is 172 cm³/mol. The zero-order valence-corrected chi connectivity index (χ0v) is 25.3. The number of amides is 3. The van der Waals surface area contributed by atoms with E-state index in [1.165, 1.54) is 0 Å². The van der Waals surface area contributed by atoms with E-state index in [1.54, 1.807) is 16.0 Å². The molecule has 1 saturated heterocycles. The highest BCUT2D eigenvalue weighted by molar-refractivity contribution is 5.80. The van der Waals surface area contributed by atoms with Crippen molar-refractivity contribution in [2.45, 2.75) is 56.5 Å². The normalized spacial score (nSPS) is 20.6. The number of nitrogens with zero attached hydrogens (tertiary/aromatic N) is 3. The lowest BCUT2D eigenvalue weighted by atomic mass is 9.91. The van der Waals surface area contributed by atoms with Crippen LogP contribution in [0.1, 0.15) is 40.4 Å². The van der Waals surface area contributed by atoms with Crippen molar-refractivity contribution < 1.29 is 19.8 Å². The third-order valence-corrected chi connectivity index (χ3v) is 8.94. The minimum atomic E-state index is -0.928. The number of benzene rings is 3. The molecule has 3 aromatic carbocycles. The van der Waals surface area contributed by atoms with Gasteiger partial charge in [0.2, 0.25) is 5.91 Å². The number of rotatable bonds is 12. The summed E-state index contributed by atoms with van der Waals surface area (Å²) in [5, 5.41) is 25.4. The van der Waals surface area contributed by atoms with E-state index in [0.717, 1.165) is 27.9 Å². The smallest absolute Gasteiger partial charge is 0.320 e. The maximum Gasteiger partial charge on any atom is 0.320 e. The van der Waals surface area contributed by atoms with Crippen LogP contribution in [0.15, 0.2) is 109 Å². The van der Waals surface area contributed by atoms with Crippen molar-refractivity contribution in [2.75, 3.05) is 13.1 Å². The van der Waals surface area contributed by atoms with Gasteiger partial charge in [-0.05, 0) is 53.6 Å². The lowest BCUT2D eigenvalue weighted by molar-refractivity contribution is -0.127. The highest BCUT2D eigenvalue weighted by Crippen LogP contribution is 2.32. The minimum absolute atomic E-state index is 0.114. The molecule has 8 heteroatoms. The average Bonchev–Trinajstić information content (AvgIpc) is 3.52. The Morgan fingerprint density at radius 1 is 0.911 bits per heavy atom. The molecular formula is C37H40N4O4. The van der Waals surface area contributed by atoms with Crippen LogP contribution in [0.4, 0.5) is 4.79 Å². The van der Waals surface area contributed by atoms with Gasteiger partial charge in [-0.25, -0.2) is 4.79 Å². The van der Waals surface area contributed by atoms with Crippen LogP contribution in [0.2, 0.25) is 0 Å². The first-order valence-corrected chi connectivity index (χ1v) is 15.7. The van der Waals surface area contributed by atoms with Crippen LogP contribution in [-0.4, -0.2) is 68.3 Å². The lowest BCUT2D eigenvalue weighted by Crippen LogP contribution is -2.44. The van der Waals surface area contributed by atoms with Crippen LogP contribution in [0.5, 0.6) is 0 Å². The number of aliphatic hydroxyl groups excluding tert-OH is 2. The Balaban J connectivity index is 1.18. The molecule has 232 valence electrons. The number of urea groups is 1. The lowest BCUT2D eigenvalue weighted by Gasteiger charge is -2.28. The maximum absolute atomic E-state index is 13.8. The monoisotopic (exact) mass is 604 g/mol. The Kier molecular flexibility index (Phi) is 9.52. The summed E-state index contributed by atoms with van der Waals surface area (Å²) in [6.45, 7) is 1.02. The van der Waals surface area contributed by atoms with Gasteiger partial charge in [0.1, 0.15) is 0 Å². The van der Waals surface area contributed by atoms with E-state index in [2.05, 4.69) is 22.4 Å². The van der Waals surface area contributed by atoms with Crippen LogP contribution in [0, 0.1) is 5.92 Å². The Morgan fingerprint density at radius 3 is 2.33 bits per heavy atom. The largest absolute Gasteiger partial charge is 0.391 e. The fourth-order valence-electron chi connectivity index (χ4n) is 6.71. The molecule has 5 atom stereocenters. The van der Waals surface area contributed by atoms with E-state index >= 15 is 0 Å². The molecule has 8 nitrogen and oxygen atoms in total. The van der Waals surface area contributed by atoms with Gasteiger partial charge in [0.25, 0.3) is 0 Å². The van der Waals surface area contributed by atoms with Gasteiger partial charge < -0.3 is 25.3 Å². The summed E-state index contributed by atoms with van der Waals surface area (Å²) >= 11 is 0. The number of hydrogen-bond acceptors (Lipinski definition) is 5. The molecular weight excluding hydrogens is 564 g/mol. The molecule has 3 amide bonds. The minimum Gasteiger partial charge on any atom is -0.391 e. The summed E-state index contributed by atoms with van der Waals surface area (Å²) in [4.78, 5) is 35.5. The van der Waals surface area contributed by atoms with Crippen molar-refractivity contribution in [3.05, 3.63) is 137 Å². The molecule has 3 N–H and O–H groups in total. The van der Waals surface area contributed by atoms with Crippen molar-refractivity contribution >= 4 is 11.9 Å². The first-order chi connectivity index (χ1) is 21.9.